The zero-order valence-electron chi connectivity index (χ0n) is 15.5. The van der Waals surface area contributed by atoms with Crippen LogP contribution in [0, 0.1) is 0 Å². The summed E-state index contributed by atoms with van der Waals surface area (Å²) in [5.74, 6) is 1.81. The second-order valence-corrected chi connectivity index (χ2v) is 7.10. The Morgan fingerprint density at radius 2 is 2.07 bits per heavy atom. The molecule has 1 aliphatic heterocycles. The average Bonchev–Trinajstić information content (AvgIpc) is 3.20. The fourth-order valence-electron chi connectivity index (χ4n) is 3.38. The van der Waals surface area contributed by atoms with E-state index in [2.05, 4.69) is 10.1 Å². The first kappa shape index (κ1) is 18.5. The molecule has 7 heteroatoms. The molecule has 0 bridgehead atoms. The molecule has 0 unspecified atom stereocenters. The van der Waals surface area contributed by atoms with Gasteiger partial charge in [-0.2, -0.15) is 4.98 Å². The summed E-state index contributed by atoms with van der Waals surface area (Å²) >= 11 is 5.90. The fourth-order valence-corrected chi connectivity index (χ4v) is 3.51. The van der Waals surface area contributed by atoms with Crippen molar-refractivity contribution in [1.29, 1.82) is 0 Å². The molecule has 3 aromatic rings. The van der Waals surface area contributed by atoms with Crippen molar-refractivity contribution in [2.45, 2.75) is 25.7 Å². The third-order valence-corrected chi connectivity index (χ3v) is 5.08. The summed E-state index contributed by atoms with van der Waals surface area (Å²) in [4.78, 5) is 19.0. The van der Waals surface area contributed by atoms with E-state index in [-0.39, 0.29) is 5.91 Å². The highest BCUT2D eigenvalue weighted by molar-refractivity contribution is 6.30. The number of aryl methyl sites for hydroxylation is 2. The normalized spacial score (nSPS) is 13.3. The lowest BCUT2D eigenvalue weighted by Crippen LogP contribution is -2.35. The maximum atomic E-state index is 12.8. The van der Waals surface area contributed by atoms with Crippen LogP contribution in [-0.4, -0.2) is 29.7 Å². The highest BCUT2D eigenvalue weighted by atomic mass is 35.5. The Hall–Kier alpha value is -2.86. The number of rotatable bonds is 5. The van der Waals surface area contributed by atoms with Crippen LogP contribution in [0.2, 0.25) is 5.02 Å². The number of benzene rings is 2. The Morgan fingerprint density at radius 1 is 1.25 bits per heavy atom. The number of halogens is 1. The van der Waals surface area contributed by atoms with Crippen LogP contribution in [0.5, 0.6) is 5.75 Å². The number of aromatic nitrogens is 2. The molecule has 6 nitrogen and oxygen atoms in total. The van der Waals surface area contributed by atoms with E-state index in [0.29, 0.717) is 29.6 Å². The van der Waals surface area contributed by atoms with Crippen molar-refractivity contribution in [3.8, 4) is 17.1 Å². The van der Waals surface area contributed by atoms with Gasteiger partial charge in [-0.25, -0.2) is 0 Å². The summed E-state index contributed by atoms with van der Waals surface area (Å²) in [7, 11) is 1.65. The number of nitrogens with zero attached hydrogens (tertiary/aromatic N) is 3. The van der Waals surface area contributed by atoms with Gasteiger partial charge in [-0.15, -0.1) is 0 Å². The highest BCUT2D eigenvalue weighted by Crippen LogP contribution is 2.31. The van der Waals surface area contributed by atoms with Gasteiger partial charge >= 0.3 is 0 Å². The number of hydrogen-bond acceptors (Lipinski definition) is 5. The van der Waals surface area contributed by atoms with Crippen LogP contribution in [-0.2, 0) is 17.6 Å². The molecule has 144 valence electrons. The molecule has 0 saturated carbocycles. The van der Waals surface area contributed by atoms with Gasteiger partial charge in [-0.3, -0.25) is 4.79 Å². The van der Waals surface area contributed by atoms with Gasteiger partial charge < -0.3 is 14.2 Å². The molecule has 4 rings (SSSR count). The molecule has 28 heavy (non-hydrogen) atoms. The maximum Gasteiger partial charge on any atom is 0.227 e. The number of carbonyl (C=O) groups excluding carboxylic acids is 1. The van der Waals surface area contributed by atoms with Crippen molar-refractivity contribution >= 4 is 23.2 Å². The molecule has 2 aromatic carbocycles. The van der Waals surface area contributed by atoms with Crippen LogP contribution in [0.1, 0.15) is 24.3 Å². The average molecular weight is 398 g/mol. The molecule has 0 fully saturated rings. The lowest BCUT2D eigenvalue weighted by atomic mass is 10.0. The highest BCUT2D eigenvalue weighted by Gasteiger charge is 2.23. The smallest absolute Gasteiger partial charge is 0.227 e. The van der Waals surface area contributed by atoms with Crippen LogP contribution < -0.4 is 9.64 Å². The summed E-state index contributed by atoms with van der Waals surface area (Å²) in [5, 5.41) is 4.64. The van der Waals surface area contributed by atoms with E-state index in [1.807, 2.05) is 35.2 Å². The standard InChI is InChI=1S/C21H20ClN3O3/c1-27-17-8-9-18-15(13-17)3-2-12-25(18)20(26)11-10-19-23-21(24-28-19)14-4-6-16(22)7-5-14/h4-9,13H,2-3,10-12H2,1H3. The van der Waals surface area contributed by atoms with Crippen molar-refractivity contribution in [1.82, 2.24) is 10.1 Å². The molecule has 0 aliphatic carbocycles. The zero-order valence-corrected chi connectivity index (χ0v) is 16.3. The van der Waals surface area contributed by atoms with Gasteiger partial charge in [0.25, 0.3) is 0 Å². The Morgan fingerprint density at radius 3 is 2.86 bits per heavy atom. The summed E-state index contributed by atoms with van der Waals surface area (Å²) in [5.41, 5.74) is 2.93. The maximum absolute atomic E-state index is 12.8. The van der Waals surface area contributed by atoms with E-state index < -0.39 is 0 Å². The first-order valence-corrected chi connectivity index (χ1v) is 9.57. The number of carbonyl (C=O) groups is 1. The predicted molar refractivity (Wildman–Crippen MR) is 107 cm³/mol. The molecule has 1 aromatic heterocycles. The van der Waals surface area contributed by atoms with E-state index in [1.54, 1.807) is 19.2 Å². The third kappa shape index (κ3) is 3.87. The summed E-state index contributed by atoms with van der Waals surface area (Å²) in [6, 6.07) is 13.1. The van der Waals surface area contributed by atoms with E-state index in [9.17, 15) is 4.79 Å². The number of fused-ring (bicyclic) bond motifs is 1. The summed E-state index contributed by atoms with van der Waals surface area (Å²) in [6.07, 6.45) is 2.60. The topological polar surface area (TPSA) is 68.5 Å². The second-order valence-electron chi connectivity index (χ2n) is 6.66. The SMILES string of the molecule is COc1ccc2c(c1)CCCN2C(=O)CCc1nc(-c2ccc(Cl)cc2)no1. The number of hydrogen-bond donors (Lipinski definition) is 0. The van der Waals surface area contributed by atoms with Gasteiger partial charge in [0.15, 0.2) is 0 Å². The predicted octanol–water partition coefficient (Wildman–Crippen LogP) is 4.31. The van der Waals surface area contributed by atoms with Gasteiger partial charge in [0.2, 0.25) is 17.6 Å². The number of amides is 1. The number of methoxy groups -OCH3 is 1. The van der Waals surface area contributed by atoms with E-state index in [1.165, 1.54) is 0 Å². The van der Waals surface area contributed by atoms with Crippen molar-refractivity contribution in [2.24, 2.45) is 0 Å². The lowest BCUT2D eigenvalue weighted by Gasteiger charge is -2.29. The molecule has 0 spiro atoms. The van der Waals surface area contributed by atoms with Gasteiger partial charge in [-0.1, -0.05) is 16.8 Å². The summed E-state index contributed by atoms with van der Waals surface area (Å²) in [6.45, 7) is 0.720. The van der Waals surface area contributed by atoms with Crippen LogP contribution in [0.3, 0.4) is 0 Å². The van der Waals surface area contributed by atoms with Crippen molar-refractivity contribution in [3.05, 3.63) is 58.9 Å². The van der Waals surface area contributed by atoms with Crippen molar-refractivity contribution in [2.75, 3.05) is 18.6 Å². The third-order valence-electron chi connectivity index (χ3n) is 4.83. The van der Waals surface area contributed by atoms with Gasteiger partial charge in [0.05, 0.1) is 7.11 Å². The Bertz CT molecular complexity index is 985. The zero-order chi connectivity index (χ0) is 19.5. The van der Waals surface area contributed by atoms with Gasteiger partial charge in [0.1, 0.15) is 5.75 Å². The van der Waals surface area contributed by atoms with E-state index >= 15 is 0 Å². The molecular weight excluding hydrogens is 378 g/mol. The van der Waals surface area contributed by atoms with Crippen LogP contribution >= 0.6 is 11.6 Å². The first-order valence-electron chi connectivity index (χ1n) is 9.20. The van der Waals surface area contributed by atoms with E-state index in [4.69, 9.17) is 20.9 Å². The van der Waals surface area contributed by atoms with Gasteiger partial charge in [0, 0.05) is 35.7 Å². The minimum Gasteiger partial charge on any atom is -0.497 e. The number of anilines is 1. The molecule has 0 N–H and O–H groups in total. The number of ether oxygens (including phenoxy) is 1. The molecule has 1 aliphatic rings. The minimum absolute atomic E-state index is 0.0531. The van der Waals surface area contributed by atoms with Crippen molar-refractivity contribution < 1.29 is 14.1 Å². The van der Waals surface area contributed by atoms with Crippen LogP contribution in [0.25, 0.3) is 11.4 Å². The minimum atomic E-state index is 0.0531. The van der Waals surface area contributed by atoms with Crippen LogP contribution in [0.4, 0.5) is 5.69 Å². The lowest BCUT2D eigenvalue weighted by molar-refractivity contribution is -0.118. The van der Waals surface area contributed by atoms with E-state index in [0.717, 1.165) is 42.0 Å². The largest absolute Gasteiger partial charge is 0.497 e. The molecule has 0 atom stereocenters. The molecule has 0 saturated heterocycles. The monoisotopic (exact) mass is 397 g/mol. The Balaban J connectivity index is 1.42. The Labute approximate surface area is 168 Å². The Kier molecular flexibility index (Phi) is 5.30. The second kappa shape index (κ2) is 8.02. The first-order chi connectivity index (χ1) is 13.6. The molecular formula is C21H20ClN3O3. The quantitative estimate of drug-likeness (QED) is 0.641. The summed E-state index contributed by atoms with van der Waals surface area (Å²) < 4.78 is 10.6. The van der Waals surface area contributed by atoms with Gasteiger partial charge in [-0.05, 0) is 60.9 Å². The molecule has 2 heterocycles. The van der Waals surface area contributed by atoms with Crippen molar-refractivity contribution in [3.63, 3.8) is 0 Å². The fraction of sp³-hybridized carbons (Fsp3) is 0.286. The molecule has 0 radical (unpaired) electrons. The van der Waals surface area contributed by atoms with Crippen LogP contribution in [0.15, 0.2) is 47.0 Å². The molecule has 1 amide bonds.